The second kappa shape index (κ2) is 7.83. The SMILES string of the molecule is COc1ccc(C(=O)N2CCSc3ccc(C(=O)NC(C)C)cc32)cc1. The molecule has 0 spiro atoms. The van der Waals surface area contributed by atoms with Crippen LogP contribution in [0, 0.1) is 0 Å². The molecule has 2 amide bonds. The van der Waals surface area contributed by atoms with Gasteiger partial charge in [-0.1, -0.05) is 0 Å². The summed E-state index contributed by atoms with van der Waals surface area (Å²) in [5, 5.41) is 2.89. The fraction of sp³-hybridized carbons (Fsp3) is 0.300. The van der Waals surface area contributed by atoms with Crippen LogP contribution in [0.5, 0.6) is 5.75 Å². The number of nitrogens with zero attached hydrogens (tertiary/aromatic N) is 1. The van der Waals surface area contributed by atoms with Crippen molar-refractivity contribution in [2.45, 2.75) is 24.8 Å². The molecule has 6 heteroatoms. The Morgan fingerprint density at radius 2 is 1.81 bits per heavy atom. The third kappa shape index (κ3) is 3.85. The van der Waals surface area contributed by atoms with Gasteiger partial charge in [-0.2, -0.15) is 0 Å². The van der Waals surface area contributed by atoms with Gasteiger partial charge in [0.1, 0.15) is 5.75 Å². The van der Waals surface area contributed by atoms with Gasteiger partial charge in [-0.05, 0) is 56.3 Å². The zero-order valence-electron chi connectivity index (χ0n) is 15.1. The molecule has 2 aromatic carbocycles. The van der Waals surface area contributed by atoms with Gasteiger partial charge in [-0.15, -0.1) is 11.8 Å². The number of amides is 2. The molecule has 26 heavy (non-hydrogen) atoms. The number of benzene rings is 2. The predicted octanol–water partition coefficient (Wildman–Crippen LogP) is 3.59. The molecule has 0 atom stereocenters. The maximum Gasteiger partial charge on any atom is 0.258 e. The van der Waals surface area contributed by atoms with E-state index in [2.05, 4.69) is 5.32 Å². The van der Waals surface area contributed by atoms with E-state index < -0.39 is 0 Å². The Balaban J connectivity index is 1.91. The summed E-state index contributed by atoms with van der Waals surface area (Å²) in [6.45, 7) is 4.45. The Kier molecular flexibility index (Phi) is 5.52. The van der Waals surface area contributed by atoms with Crippen molar-refractivity contribution in [1.29, 1.82) is 0 Å². The summed E-state index contributed by atoms with van der Waals surface area (Å²) in [7, 11) is 1.60. The van der Waals surface area contributed by atoms with E-state index in [9.17, 15) is 9.59 Å². The molecule has 3 rings (SSSR count). The number of carbonyl (C=O) groups excluding carboxylic acids is 2. The zero-order valence-corrected chi connectivity index (χ0v) is 15.9. The number of methoxy groups -OCH3 is 1. The van der Waals surface area contributed by atoms with Crippen LogP contribution in [0.4, 0.5) is 5.69 Å². The van der Waals surface area contributed by atoms with Gasteiger partial charge in [-0.25, -0.2) is 0 Å². The number of fused-ring (bicyclic) bond motifs is 1. The number of carbonyl (C=O) groups is 2. The topological polar surface area (TPSA) is 58.6 Å². The monoisotopic (exact) mass is 370 g/mol. The highest BCUT2D eigenvalue weighted by Gasteiger charge is 2.25. The van der Waals surface area contributed by atoms with Gasteiger partial charge in [0.15, 0.2) is 0 Å². The molecule has 1 N–H and O–H groups in total. The molecule has 0 bridgehead atoms. The summed E-state index contributed by atoms with van der Waals surface area (Å²) >= 11 is 1.70. The van der Waals surface area contributed by atoms with Crippen LogP contribution in [0.3, 0.4) is 0 Å². The fourth-order valence-electron chi connectivity index (χ4n) is 2.80. The van der Waals surface area contributed by atoms with E-state index >= 15 is 0 Å². The van der Waals surface area contributed by atoms with Gasteiger partial charge in [0.05, 0.1) is 12.8 Å². The van der Waals surface area contributed by atoms with Gasteiger partial charge >= 0.3 is 0 Å². The summed E-state index contributed by atoms with van der Waals surface area (Å²) in [6, 6.07) is 12.7. The lowest BCUT2D eigenvalue weighted by molar-refractivity contribution is 0.0940. The Bertz CT molecular complexity index is 818. The molecule has 1 aliphatic heterocycles. The summed E-state index contributed by atoms with van der Waals surface area (Å²) in [6.07, 6.45) is 0. The average molecular weight is 370 g/mol. The first-order valence-corrected chi connectivity index (χ1v) is 9.52. The minimum atomic E-state index is -0.129. The first kappa shape index (κ1) is 18.3. The molecule has 0 radical (unpaired) electrons. The molecule has 2 aromatic rings. The van der Waals surface area contributed by atoms with E-state index in [-0.39, 0.29) is 17.9 Å². The molecule has 0 unspecified atom stereocenters. The minimum absolute atomic E-state index is 0.0601. The van der Waals surface area contributed by atoms with E-state index in [0.29, 0.717) is 23.4 Å². The quantitative estimate of drug-likeness (QED) is 0.894. The fourth-order valence-corrected chi connectivity index (χ4v) is 3.78. The summed E-state index contributed by atoms with van der Waals surface area (Å²) in [4.78, 5) is 28.1. The lowest BCUT2D eigenvalue weighted by Gasteiger charge is -2.29. The first-order chi connectivity index (χ1) is 12.5. The lowest BCUT2D eigenvalue weighted by atomic mass is 10.1. The first-order valence-electron chi connectivity index (χ1n) is 8.53. The molecule has 0 aromatic heterocycles. The van der Waals surface area contributed by atoms with Crippen molar-refractivity contribution in [3.8, 4) is 5.75 Å². The predicted molar refractivity (Wildman–Crippen MR) is 104 cm³/mol. The van der Waals surface area contributed by atoms with Crippen molar-refractivity contribution >= 4 is 29.3 Å². The van der Waals surface area contributed by atoms with Gasteiger partial charge in [0, 0.05) is 34.4 Å². The summed E-state index contributed by atoms with van der Waals surface area (Å²) < 4.78 is 5.15. The van der Waals surface area contributed by atoms with Crippen molar-refractivity contribution in [3.05, 3.63) is 53.6 Å². The summed E-state index contributed by atoms with van der Waals surface area (Å²) in [5.74, 6) is 1.33. The van der Waals surface area contributed by atoms with E-state index in [1.54, 1.807) is 54.1 Å². The number of hydrogen-bond acceptors (Lipinski definition) is 4. The third-order valence-electron chi connectivity index (χ3n) is 4.09. The lowest BCUT2D eigenvalue weighted by Crippen LogP contribution is -2.36. The third-order valence-corrected chi connectivity index (χ3v) is 5.13. The molecule has 5 nitrogen and oxygen atoms in total. The smallest absolute Gasteiger partial charge is 0.258 e. The van der Waals surface area contributed by atoms with Crippen LogP contribution in [-0.4, -0.2) is 37.3 Å². The highest BCUT2D eigenvalue weighted by Crippen LogP contribution is 2.36. The van der Waals surface area contributed by atoms with Crippen molar-refractivity contribution in [3.63, 3.8) is 0 Å². The van der Waals surface area contributed by atoms with Crippen LogP contribution in [0.2, 0.25) is 0 Å². The van der Waals surface area contributed by atoms with Crippen LogP contribution in [0.1, 0.15) is 34.6 Å². The Morgan fingerprint density at radius 3 is 2.46 bits per heavy atom. The molecule has 0 aliphatic carbocycles. The zero-order chi connectivity index (χ0) is 18.7. The van der Waals surface area contributed by atoms with Crippen LogP contribution in [0.15, 0.2) is 47.4 Å². The Morgan fingerprint density at radius 1 is 1.12 bits per heavy atom. The second-order valence-corrected chi connectivity index (χ2v) is 7.48. The number of nitrogens with one attached hydrogen (secondary N) is 1. The van der Waals surface area contributed by atoms with Crippen LogP contribution < -0.4 is 15.0 Å². The largest absolute Gasteiger partial charge is 0.497 e. The van der Waals surface area contributed by atoms with Crippen LogP contribution in [0.25, 0.3) is 0 Å². The number of hydrogen-bond donors (Lipinski definition) is 1. The number of anilines is 1. The average Bonchev–Trinajstić information content (AvgIpc) is 2.66. The Labute approximate surface area is 157 Å². The van der Waals surface area contributed by atoms with E-state index in [4.69, 9.17) is 4.74 Å². The normalized spacial score (nSPS) is 13.3. The maximum absolute atomic E-state index is 13.0. The minimum Gasteiger partial charge on any atom is -0.497 e. The standard InChI is InChI=1S/C20H22N2O3S/c1-13(2)21-19(23)15-6-9-18-17(12-15)22(10-11-26-18)20(24)14-4-7-16(25-3)8-5-14/h4-9,12-13H,10-11H2,1-3H3,(H,21,23). The number of rotatable bonds is 4. The number of thioether (sulfide) groups is 1. The van der Waals surface area contributed by atoms with Crippen molar-refractivity contribution < 1.29 is 14.3 Å². The molecule has 0 saturated heterocycles. The van der Waals surface area contributed by atoms with Crippen LogP contribution >= 0.6 is 11.8 Å². The number of ether oxygens (including phenoxy) is 1. The van der Waals surface area contributed by atoms with Crippen molar-refractivity contribution in [2.24, 2.45) is 0 Å². The molecule has 1 aliphatic rings. The molecular weight excluding hydrogens is 348 g/mol. The van der Waals surface area contributed by atoms with E-state index in [1.165, 1.54) is 0 Å². The molecule has 0 saturated carbocycles. The van der Waals surface area contributed by atoms with Gasteiger partial charge in [0.25, 0.3) is 11.8 Å². The van der Waals surface area contributed by atoms with Crippen LogP contribution in [-0.2, 0) is 0 Å². The van der Waals surface area contributed by atoms with E-state index in [0.717, 1.165) is 16.3 Å². The molecule has 1 heterocycles. The van der Waals surface area contributed by atoms with Crippen molar-refractivity contribution in [2.75, 3.05) is 24.3 Å². The van der Waals surface area contributed by atoms with Gasteiger partial charge < -0.3 is 15.0 Å². The van der Waals surface area contributed by atoms with Gasteiger partial charge in [-0.3, -0.25) is 9.59 Å². The molecular formula is C20H22N2O3S. The van der Waals surface area contributed by atoms with Gasteiger partial charge in [0.2, 0.25) is 0 Å². The molecule has 0 fully saturated rings. The second-order valence-electron chi connectivity index (χ2n) is 6.34. The maximum atomic E-state index is 13.0. The highest BCUT2D eigenvalue weighted by molar-refractivity contribution is 7.99. The highest BCUT2D eigenvalue weighted by atomic mass is 32.2. The Hall–Kier alpha value is -2.47. The summed E-state index contributed by atoms with van der Waals surface area (Å²) in [5.41, 5.74) is 1.95. The van der Waals surface area contributed by atoms with E-state index in [1.807, 2.05) is 26.0 Å². The molecule has 136 valence electrons. The van der Waals surface area contributed by atoms with Crippen molar-refractivity contribution in [1.82, 2.24) is 5.32 Å².